The highest BCUT2D eigenvalue weighted by Gasteiger charge is 2.38. The van der Waals surface area contributed by atoms with E-state index in [-0.39, 0.29) is 0 Å². The molecule has 2 aromatic heterocycles. The lowest BCUT2D eigenvalue weighted by atomic mass is 9.77. The number of nitrogens with zero attached hydrogens (tertiary/aromatic N) is 4. The van der Waals surface area contributed by atoms with E-state index < -0.39 is 5.54 Å². The van der Waals surface area contributed by atoms with Gasteiger partial charge in [0.1, 0.15) is 5.54 Å². The molecule has 0 radical (unpaired) electrons. The average molecular weight is 520 g/mol. The number of imidazole rings is 1. The highest BCUT2D eigenvalue weighted by atomic mass is 15.1. The summed E-state index contributed by atoms with van der Waals surface area (Å²) in [4.78, 5) is 14.2. The van der Waals surface area contributed by atoms with Gasteiger partial charge in [-0.25, -0.2) is 15.0 Å². The molecule has 0 saturated carbocycles. The summed E-state index contributed by atoms with van der Waals surface area (Å²) in [5, 5.41) is 3.51. The number of anilines is 1. The van der Waals surface area contributed by atoms with Crippen molar-refractivity contribution in [2.75, 3.05) is 5.32 Å². The predicted molar refractivity (Wildman–Crippen MR) is 159 cm³/mol. The average Bonchev–Trinajstić information content (AvgIpc) is 3.67. The Hall–Kier alpha value is -5.03. The Morgan fingerprint density at radius 3 is 1.57 bits per heavy atom. The molecule has 194 valence electrons. The molecule has 0 aliphatic heterocycles. The van der Waals surface area contributed by atoms with Crippen molar-refractivity contribution in [1.29, 1.82) is 0 Å². The highest BCUT2D eigenvalue weighted by Crippen LogP contribution is 2.41. The quantitative estimate of drug-likeness (QED) is 0.237. The van der Waals surface area contributed by atoms with Crippen LogP contribution in [0, 0.1) is 0 Å². The van der Waals surface area contributed by atoms with E-state index in [9.17, 15) is 0 Å². The molecule has 0 spiro atoms. The number of aromatic nitrogens is 4. The maximum Gasteiger partial charge on any atom is 0.222 e. The molecule has 1 aliphatic carbocycles. The van der Waals surface area contributed by atoms with Crippen molar-refractivity contribution in [3.05, 3.63) is 168 Å². The molecule has 1 N–H and O–H groups in total. The molecule has 5 heteroatoms. The molecule has 40 heavy (non-hydrogen) atoms. The van der Waals surface area contributed by atoms with Gasteiger partial charge in [0.25, 0.3) is 0 Å². The summed E-state index contributed by atoms with van der Waals surface area (Å²) in [5.41, 5.74) is 7.38. The number of hydrogen-bond donors (Lipinski definition) is 1. The van der Waals surface area contributed by atoms with Crippen LogP contribution in [0.4, 0.5) is 5.95 Å². The molecule has 1 aliphatic rings. The first kappa shape index (κ1) is 24.0. The molecule has 0 saturated heterocycles. The molecular formula is C35H29N5. The number of fused-ring (bicyclic) bond motifs is 1. The summed E-state index contributed by atoms with van der Waals surface area (Å²) >= 11 is 0. The molecule has 0 fully saturated rings. The maximum atomic E-state index is 4.85. The van der Waals surface area contributed by atoms with E-state index in [1.807, 2.05) is 18.7 Å². The summed E-state index contributed by atoms with van der Waals surface area (Å²) < 4.78 is 2.21. The standard InChI is InChI=1S/C35H29N5/c1-4-14-29(15-5-1)35(30-16-6-2-7-17-30,31-18-8-3-9-19-31)40-24-33(38-25-40)28-22-36-34(37-23-28)39-32-20-26-12-10-11-13-27(26)21-32/h1-19,22-25,32H,20-21H2,(H,36,37,39). The van der Waals surface area contributed by atoms with Crippen LogP contribution in [0.1, 0.15) is 27.8 Å². The minimum Gasteiger partial charge on any atom is -0.351 e. The zero-order chi connectivity index (χ0) is 26.8. The third kappa shape index (κ3) is 4.26. The van der Waals surface area contributed by atoms with Gasteiger partial charge in [0.15, 0.2) is 0 Å². The Bertz CT molecular complexity index is 1590. The zero-order valence-electron chi connectivity index (χ0n) is 22.1. The lowest BCUT2D eigenvalue weighted by Crippen LogP contribution is -2.36. The Morgan fingerprint density at radius 2 is 1.07 bits per heavy atom. The van der Waals surface area contributed by atoms with Crippen LogP contribution in [0.2, 0.25) is 0 Å². The van der Waals surface area contributed by atoms with Crippen molar-refractivity contribution < 1.29 is 0 Å². The largest absolute Gasteiger partial charge is 0.351 e. The Kier molecular flexibility index (Phi) is 6.17. The van der Waals surface area contributed by atoms with Gasteiger partial charge in [0.2, 0.25) is 5.95 Å². The summed E-state index contributed by atoms with van der Waals surface area (Å²) in [7, 11) is 0. The smallest absolute Gasteiger partial charge is 0.222 e. The van der Waals surface area contributed by atoms with Gasteiger partial charge in [-0.1, -0.05) is 115 Å². The number of rotatable bonds is 7. The fourth-order valence-electron chi connectivity index (χ4n) is 6.02. The van der Waals surface area contributed by atoms with Crippen molar-refractivity contribution in [1.82, 2.24) is 19.5 Å². The van der Waals surface area contributed by atoms with Gasteiger partial charge in [-0.15, -0.1) is 0 Å². The molecule has 0 unspecified atom stereocenters. The fraction of sp³-hybridized carbons (Fsp3) is 0.114. The summed E-state index contributed by atoms with van der Waals surface area (Å²) in [5.74, 6) is 0.646. The third-order valence-corrected chi connectivity index (χ3v) is 7.88. The summed E-state index contributed by atoms with van der Waals surface area (Å²) in [6, 6.07) is 40.8. The van der Waals surface area contributed by atoms with E-state index in [4.69, 9.17) is 4.98 Å². The summed E-state index contributed by atoms with van der Waals surface area (Å²) in [6.07, 6.45) is 9.73. The SMILES string of the molecule is c1ccc(C(c2ccccc2)(c2ccccc2)n2cnc(-c3cnc(NC4Cc5ccccc5C4)nc3)c2)cc1. The van der Waals surface area contributed by atoms with Crippen LogP contribution in [0.15, 0.2) is 140 Å². The molecule has 0 atom stereocenters. The molecule has 6 aromatic rings. The molecule has 2 heterocycles. The normalized spacial score (nSPS) is 13.2. The van der Waals surface area contributed by atoms with E-state index in [0.29, 0.717) is 12.0 Å². The van der Waals surface area contributed by atoms with Crippen molar-refractivity contribution >= 4 is 5.95 Å². The van der Waals surface area contributed by atoms with E-state index >= 15 is 0 Å². The van der Waals surface area contributed by atoms with Crippen molar-refractivity contribution in [3.8, 4) is 11.3 Å². The minimum atomic E-state index is -0.602. The van der Waals surface area contributed by atoms with Crippen LogP contribution in [-0.2, 0) is 18.4 Å². The first-order valence-electron chi connectivity index (χ1n) is 13.7. The lowest BCUT2D eigenvalue weighted by molar-refractivity contribution is 0.515. The summed E-state index contributed by atoms with van der Waals surface area (Å²) in [6.45, 7) is 0. The highest BCUT2D eigenvalue weighted by molar-refractivity contribution is 5.58. The second-order valence-electron chi connectivity index (χ2n) is 10.3. The minimum absolute atomic E-state index is 0.311. The second kappa shape index (κ2) is 10.3. The van der Waals surface area contributed by atoms with Gasteiger partial charge in [-0.3, -0.25) is 0 Å². The van der Waals surface area contributed by atoms with Gasteiger partial charge >= 0.3 is 0 Å². The molecule has 5 nitrogen and oxygen atoms in total. The topological polar surface area (TPSA) is 55.6 Å². The lowest BCUT2D eigenvalue weighted by Gasteiger charge is -2.37. The number of hydrogen-bond acceptors (Lipinski definition) is 4. The monoisotopic (exact) mass is 519 g/mol. The first-order chi connectivity index (χ1) is 19.8. The molecule has 7 rings (SSSR count). The first-order valence-corrected chi connectivity index (χ1v) is 13.7. The van der Waals surface area contributed by atoms with Gasteiger partial charge < -0.3 is 9.88 Å². The third-order valence-electron chi connectivity index (χ3n) is 7.88. The zero-order valence-corrected chi connectivity index (χ0v) is 22.1. The van der Waals surface area contributed by atoms with Crippen LogP contribution in [-0.4, -0.2) is 25.6 Å². The molecule has 4 aromatic carbocycles. The second-order valence-corrected chi connectivity index (χ2v) is 10.3. The van der Waals surface area contributed by atoms with Crippen LogP contribution < -0.4 is 5.32 Å². The van der Waals surface area contributed by atoms with Crippen LogP contribution in [0.3, 0.4) is 0 Å². The van der Waals surface area contributed by atoms with Gasteiger partial charge in [-0.2, -0.15) is 0 Å². The Labute approximate surface area is 234 Å². The Morgan fingerprint density at radius 1 is 0.600 bits per heavy atom. The van der Waals surface area contributed by atoms with E-state index in [1.54, 1.807) is 0 Å². The van der Waals surface area contributed by atoms with Gasteiger partial charge in [-0.05, 0) is 40.7 Å². The molecular weight excluding hydrogens is 490 g/mol. The van der Waals surface area contributed by atoms with Crippen molar-refractivity contribution in [2.45, 2.75) is 24.4 Å². The maximum absolute atomic E-state index is 4.85. The van der Waals surface area contributed by atoms with Gasteiger partial charge in [0, 0.05) is 30.2 Å². The van der Waals surface area contributed by atoms with Crippen LogP contribution in [0.5, 0.6) is 0 Å². The number of benzene rings is 4. The van der Waals surface area contributed by atoms with Gasteiger partial charge in [0.05, 0.1) is 12.0 Å². The van der Waals surface area contributed by atoms with Crippen LogP contribution >= 0.6 is 0 Å². The van der Waals surface area contributed by atoms with Crippen molar-refractivity contribution in [3.63, 3.8) is 0 Å². The van der Waals surface area contributed by atoms with Crippen molar-refractivity contribution in [2.24, 2.45) is 0 Å². The van der Waals surface area contributed by atoms with Crippen LogP contribution in [0.25, 0.3) is 11.3 Å². The Balaban J connectivity index is 1.24. The molecule has 0 amide bonds. The van der Waals surface area contributed by atoms with E-state index in [0.717, 1.165) is 40.8 Å². The fourth-order valence-corrected chi connectivity index (χ4v) is 6.02. The number of nitrogens with one attached hydrogen (secondary N) is 1. The van der Waals surface area contributed by atoms with E-state index in [2.05, 4.69) is 141 Å². The predicted octanol–water partition coefficient (Wildman–Crippen LogP) is 6.76. The molecule has 0 bridgehead atoms. The van der Waals surface area contributed by atoms with E-state index in [1.165, 1.54) is 11.1 Å².